The predicted molar refractivity (Wildman–Crippen MR) is 58.4 cm³/mol. The van der Waals surface area contributed by atoms with E-state index < -0.39 is 0 Å². The van der Waals surface area contributed by atoms with Crippen LogP contribution in [0.5, 0.6) is 0 Å². The molecule has 2 heterocycles. The summed E-state index contributed by atoms with van der Waals surface area (Å²) in [6.07, 6.45) is 1.71. The summed E-state index contributed by atoms with van der Waals surface area (Å²) in [5.74, 6) is 0.705. The molecule has 1 aliphatic rings. The van der Waals surface area contributed by atoms with Gasteiger partial charge in [-0.05, 0) is 20.8 Å². The largest absolute Gasteiger partial charge is 0.324 e. The number of nitrogens with zero attached hydrogens (tertiary/aromatic N) is 2. The van der Waals surface area contributed by atoms with E-state index in [9.17, 15) is 4.79 Å². The highest BCUT2D eigenvalue weighted by Gasteiger charge is 2.26. The summed E-state index contributed by atoms with van der Waals surface area (Å²) < 4.78 is 1.92. The summed E-state index contributed by atoms with van der Waals surface area (Å²) in [5, 5.41) is 5.31. The minimum absolute atomic E-state index is 0.120. The summed E-state index contributed by atoms with van der Waals surface area (Å²) in [4.78, 5) is 15.5. The normalized spacial score (nSPS) is 15.7. The maximum Gasteiger partial charge on any atom is 0.324 e. The number of amides is 2. The van der Waals surface area contributed by atoms with E-state index in [0.29, 0.717) is 17.2 Å². The lowest BCUT2D eigenvalue weighted by Gasteiger charge is -2.26. The van der Waals surface area contributed by atoms with Gasteiger partial charge >= 0.3 is 6.03 Å². The van der Waals surface area contributed by atoms with Crippen molar-refractivity contribution in [2.45, 2.75) is 26.3 Å². The van der Waals surface area contributed by atoms with E-state index in [0.717, 1.165) is 0 Å². The Morgan fingerprint density at radius 3 is 2.67 bits per heavy atom. The van der Waals surface area contributed by atoms with Crippen LogP contribution in [-0.2, 0) is 5.54 Å². The van der Waals surface area contributed by atoms with Crippen LogP contribution in [0.3, 0.4) is 0 Å². The van der Waals surface area contributed by atoms with Crippen molar-refractivity contribution in [3.63, 3.8) is 0 Å². The number of fused-ring (bicyclic) bond motifs is 1. The average molecular weight is 206 g/mol. The molecule has 2 rings (SSSR count). The first kappa shape index (κ1) is 9.76. The number of rotatable bonds is 0. The van der Waals surface area contributed by atoms with Gasteiger partial charge in [0, 0.05) is 5.54 Å². The second-order valence-electron chi connectivity index (χ2n) is 4.54. The molecule has 80 valence electrons. The summed E-state index contributed by atoms with van der Waals surface area (Å²) >= 11 is 0. The number of nitrogens with one attached hydrogen (secondary N) is 2. The Morgan fingerprint density at radius 1 is 1.40 bits per heavy atom. The Balaban J connectivity index is 2.55. The van der Waals surface area contributed by atoms with Gasteiger partial charge < -0.3 is 9.88 Å². The fraction of sp³-hybridized carbons (Fsp3) is 0.400. The summed E-state index contributed by atoms with van der Waals surface area (Å²) in [7, 11) is 0. The van der Waals surface area contributed by atoms with Crippen molar-refractivity contribution in [2.24, 2.45) is 0 Å². The number of aromatic nitrogens is 2. The second-order valence-corrected chi connectivity index (χ2v) is 4.54. The molecule has 0 fully saturated rings. The number of hydrogen-bond donors (Lipinski definition) is 2. The maximum atomic E-state index is 11.3. The molecule has 2 N–H and O–H groups in total. The van der Waals surface area contributed by atoms with Crippen molar-refractivity contribution in [1.82, 2.24) is 14.9 Å². The number of urea groups is 1. The SMILES string of the molecule is C=C1NC(=O)Nc2c1ncn2C(C)(C)C. The van der Waals surface area contributed by atoms with Crippen LogP contribution in [-0.4, -0.2) is 15.6 Å². The quantitative estimate of drug-likeness (QED) is 0.679. The van der Waals surface area contributed by atoms with Crippen LogP contribution in [0.2, 0.25) is 0 Å². The van der Waals surface area contributed by atoms with Crippen LogP contribution in [0.1, 0.15) is 26.5 Å². The van der Waals surface area contributed by atoms with E-state index in [-0.39, 0.29) is 11.6 Å². The first-order valence-corrected chi connectivity index (χ1v) is 4.74. The molecule has 0 unspecified atom stereocenters. The van der Waals surface area contributed by atoms with Crippen LogP contribution in [0.25, 0.3) is 5.70 Å². The van der Waals surface area contributed by atoms with Crippen molar-refractivity contribution < 1.29 is 4.79 Å². The van der Waals surface area contributed by atoms with Gasteiger partial charge in [0.25, 0.3) is 0 Å². The van der Waals surface area contributed by atoms with E-state index in [1.807, 2.05) is 25.3 Å². The minimum atomic E-state index is -0.265. The molecule has 0 saturated heterocycles. The minimum Gasteiger partial charge on any atom is -0.311 e. The van der Waals surface area contributed by atoms with Gasteiger partial charge in [0.1, 0.15) is 11.5 Å². The fourth-order valence-corrected chi connectivity index (χ4v) is 1.53. The number of carbonyl (C=O) groups is 1. The standard InChI is InChI=1S/C10H14N4O/c1-6-7-8(13-9(15)12-6)14(5-11-7)10(2,3)4/h5H,1H2,2-4H3,(H2,12,13,15). The number of anilines is 1. The molecule has 0 radical (unpaired) electrons. The summed E-state index contributed by atoms with van der Waals surface area (Å²) in [6, 6.07) is -0.265. The highest BCUT2D eigenvalue weighted by Crippen LogP contribution is 2.28. The van der Waals surface area contributed by atoms with Crippen molar-refractivity contribution in [3.8, 4) is 0 Å². The molecule has 0 aromatic carbocycles. The number of imidazole rings is 1. The lowest BCUT2D eigenvalue weighted by molar-refractivity contribution is 0.254. The third-order valence-electron chi connectivity index (χ3n) is 2.27. The second kappa shape index (κ2) is 2.85. The highest BCUT2D eigenvalue weighted by atomic mass is 16.2. The van der Waals surface area contributed by atoms with E-state index in [2.05, 4.69) is 22.2 Å². The zero-order valence-corrected chi connectivity index (χ0v) is 9.09. The molecule has 0 saturated carbocycles. The summed E-state index contributed by atoms with van der Waals surface area (Å²) in [6.45, 7) is 9.90. The number of hydrogen-bond acceptors (Lipinski definition) is 2. The van der Waals surface area contributed by atoms with Crippen molar-refractivity contribution >= 4 is 17.5 Å². The first-order chi connectivity index (χ1) is 6.89. The van der Waals surface area contributed by atoms with Gasteiger partial charge in [-0.1, -0.05) is 6.58 Å². The van der Waals surface area contributed by atoms with Crippen molar-refractivity contribution in [1.29, 1.82) is 0 Å². The molecule has 1 aromatic heterocycles. The lowest BCUT2D eigenvalue weighted by atomic mass is 10.1. The molecule has 0 aliphatic carbocycles. The van der Waals surface area contributed by atoms with Crippen LogP contribution in [0.15, 0.2) is 12.9 Å². The van der Waals surface area contributed by atoms with Crippen molar-refractivity contribution in [2.75, 3.05) is 5.32 Å². The van der Waals surface area contributed by atoms with Gasteiger partial charge in [0.2, 0.25) is 0 Å². The number of carbonyl (C=O) groups excluding carboxylic acids is 1. The third-order valence-corrected chi connectivity index (χ3v) is 2.27. The molecular formula is C10H14N4O. The Bertz CT molecular complexity index is 439. The zero-order valence-electron chi connectivity index (χ0n) is 9.09. The van der Waals surface area contributed by atoms with Gasteiger partial charge in [0.05, 0.1) is 12.0 Å². The Hall–Kier alpha value is -1.78. The molecule has 5 heteroatoms. The summed E-state index contributed by atoms with van der Waals surface area (Å²) in [5.41, 5.74) is 1.12. The molecule has 1 aromatic rings. The monoisotopic (exact) mass is 206 g/mol. The molecule has 0 spiro atoms. The molecule has 0 atom stereocenters. The Labute approximate surface area is 88.2 Å². The molecule has 0 bridgehead atoms. The van der Waals surface area contributed by atoms with E-state index in [1.165, 1.54) is 0 Å². The zero-order chi connectivity index (χ0) is 11.2. The average Bonchev–Trinajstić information content (AvgIpc) is 2.45. The van der Waals surface area contributed by atoms with Gasteiger partial charge in [-0.25, -0.2) is 9.78 Å². The van der Waals surface area contributed by atoms with Crippen LogP contribution >= 0.6 is 0 Å². The smallest absolute Gasteiger partial charge is 0.311 e. The van der Waals surface area contributed by atoms with Crippen molar-refractivity contribution in [3.05, 3.63) is 18.6 Å². The fourth-order valence-electron chi connectivity index (χ4n) is 1.53. The van der Waals surface area contributed by atoms with Gasteiger partial charge in [-0.2, -0.15) is 0 Å². The van der Waals surface area contributed by atoms with E-state index >= 15 is 0 Å². The van der Waals surface area contributed by atoms with Gasteiger partial charge in [-0.15, -0.1) is 0 Å². The van der Waals surface area contributed by atoms with Gasteiger partial charge in [-0.3, -0.25) is 5.32 Å². The first-order valence-electron chi connectivity index (χ1n) is 4.74. The molecule has 2 amide bonds. The molecular weight excluding hydrogens is 192 g/mol. The van der Waals surface area contributed by atoms with Crippen LogP contribution in [0, 0.1) is 0 Å². The third kappa shape index (κ3) is 1.49. The highest BCUT2D eigenvalue weighted by molar-refractivity contribution is 6.00. The lowest BCUT2D eigenvalue weighted by Crippen LogP contribution is -2.35. The van der Waals surface area contributed by atoms with E-state index in [4.69, 9.17) is 0 Å². The maximum absolute atomic E-state index is 11.3. The van der Waals surface area contributed by atoms with Gasteiger partial charge in [0.15, 0.2) is 0 Å². The Morgan fingerprint density at radius 2 is 2.07 bits per heavy atom. The molecule has 5 nitrogen and oxygen atoms in total. The van der Waals surface area contributed by atoms with E-state index in [1.54, 1.807) is 6.33 Å². The van der Waals surface area contributed by atoms with Crippen LogP contribution in [0.4, 0.5) is 10.6 Å². The predicted octanol–water partition coefficient (Wildman–Crippen LogP) is 1.74. The Kier molecular flexibility index (Phi) is 1.86. The van der Waals surface area contributed by atoms with Crippen LogP contribution < -0.4 is 10.6 Å². The molecule has 15 heavy (non-hydrogen) atoms. The molecule has 1 aliphatic heterocycles. The topological polar surface area (TPSA) is 59.0 Å².